The fraction of sp³-hybridized carbons (Fsp3) is 0.933. The van der Waals surface area contributed by atoms with E-state index in [2.05, 4.69) is 18.9 Å². The Morgan fingerprint density at radius 3 is 2.52 bits per heavy atom. The molecule has 1 aliphatic heterocycles. The van der Waals surface area contributed by atoms with E-state index in [9.17, 15) is 4.79 Å². The monoisotopic (exact) mass is 339 g/mol. The molecule has 2 aliphatic rings. The zero-order valence-electron chi connectivity index (χ0n) is 13.3. The summed E-state index contributed by atoms with van der Waals surface area (Å²) in [4.78, 5) is 16.9. The molecule has 1 saturated carbocycles. The van der Waals surface area contributed by atoms with Gasteiger partial charge >= 0.3 is 0 Å². The number of halogens is 2. The first-order valence-electron chi connectivity index (χ1n) is 7.82. The smallest absolute Gasteiger partial charge is 0.242 e. The first-order chi connectivity index (χ1) is 9.05. The molecule has 1 aliphatic carbocycles. The predicted octanol–water partition coefficient (Wildman–Crippen LogP) is 2.29. The normalized spacial score (nSPS) is 23.8. The highest BCUT2D eigenvalue weighted by molar-refractivity contribution is 5.86. The first kappa shape index (κ1) is 21.0. The molecule has 1 amide bonds. The minimum atomic E-state index is -0.537. The minimum Gasteiger partial charge on any atom is -0.341 e. The first-order valence-corrected chi connectivity index (χ1v) is 7.82. The van der Waals surface area contributed by atoms with Gasteiger partial charge in [-0.25, -0.2) is 0 Å². The van der Waals surface area contributed by atoms with Crippen LogP contribution in [0.15, 0.2) is 0 Å². The Balaban J connectivity index is 0.00000200. The third-order valence-electron chi connectivity index (χ3n) is 4.67. The summed E-state index contributed by atoms with van der Waals surface area (Å²) in [6, 6.07) is 0. The number of likely N-dealkylation sites (tertiary alicyclic amines) is 1. The third kappa shape index (κ3) is 5.27. The number of nitrogens with two attached hydrogens (primary N) is 1. The van der Waals surface area contributed by atoms with Gasteiger partial charge in [0, 0.05) is 19.6 Å². The lowest BCUT2D eigenvalue weighted by Crippen LogP contribution is -2.53. The Labute approximate surface area is 141 Å². The minimum absolute atomic E-state index is 0. The second kappa shape index (κ2) is 9.19. The molecule has 0 bridgehead atoms. The molecule has 4 nitrogen and oxygen atoms in total. The third-order valence-corrected chi connectivity index (χ3v) is 4.67. The topological polar surface area (TPSA) is 49.6 Å². The Morgan fingerprint density at radius 1 is 1.33 bits per heavy atom. The van der Waals surface area contributed by atoms with Crippen molar-refractivity contribution in [3.05, 3.63) is 0 Å². The van der Waals surface area contributed by atoms with E-state index >= 15 is 0 Å². The molecule has 126 valence electrons. The van der Waals surface area contributed by atoms with Gasteiger partial charge < -0.3 is 15.5 Å². The standard InChI is InChI=1S/C15H29N3O.2ClH/c1-3-9-17(2)11-13-6-10-18(12-13)14(19)15(16)7-4-5-8-15;;/h13H,3-12,16H2,1-2H3;2*1H. The van der Waals surface area contributed by atoms with E-state index in [-0.39, 0.29) is 30.7 Å². The Bertz CT molecular complexity index is 322. The lowest BCUT2D eigenvalue weighted by molar-refractivity contribution is -0.135. The summed E-state index contributed by atoms with van der Waals surface area (Å²) in [5, 5.41) is 0. The Kier molecular flexibility index (Phi) is 9.17. The van der Waals surface area contributed by atoms with Crippen molar-refractivity contribution in [2.24, 2.45) is 11.7 Å². The van der Waals surface area contributed by atoms with Crippen molar-refractivity contribution in [3.63, 3.8) is 0 Å². The highest BCUT2D eigenvalue weighted by Crippen LogP contribution is 2.31. The molecule has 21 heavy (non-hydrogen) atoms. The number of hydrogen-bond donors (Lipinski definition) is 1. The molecule has 1 saturated heterocycles. The van der Waals surface area contributed by atoms with E-state index < -0.39 is 5.54 Å². The van der Waals surface area contributed by atoms with Crippen LogP contribution in [0.1, 0.15) is 45.4 Å². The molecule has 1 unspecified atom stereocenters. The summed E-state index contributed by atoms with van der Waals surface area (Å²) in [6.45, 7) is 6.27. The van der Waals surface area contributed by atoms with Crippen LogP contribution < -0.4 is 5.73 Å². The Hall–Kier alpha value is -0.0300. The van der Waals surface area contributed by atoms with Crippen LogP contribution in [0.3, 0.4) is 0 Å². The number of carbonyl (C=O) groups excluding carboxylic acids is 1. The van der Waals surface area contributed by atoms with E-state index in [1.807, 2.05) is 4.90 Å². The predicted molar refractivity (Wildman–Crippen MR) is 92.4 cm³/mol. The quantitative estimate of drug-likeness (QED) is 0.835. The maximum atomic E-state index is 12.5. The van der Waals surface area contributed by atoms with E-state index in [1.165, 1.54) is 6.42 Å². The summed E-state index contributed by atoms with van der Waals surface area (Å²) in [6.07, 6.45) is 6.30. The average molecular weight is 340 g/mol. The van der Waals surface area contributed by atoms with Crippen LogP contribution in [0.5, 0.6) is 0 Å². The molecular formula is C15H31Cl2N3O. The van der Waals surface area contributed by atoms with Gasteiger partial charge in [-0.3, -0.25) is 4.79 Å². The van der Waals surface area contributed by atoms with Crippen LogP contribution in [0.25, 0.3) is 0 Å². The zero-order valence-corrected chi connectivity index (χ0v) is 15.0. The van der Waals surface area contributed by atoms with Gasteiger partial charge in [0.2, 0.25) is 5.91 Å². The van der Waals surface area contributed by atoms with E-state index in [1.54, 1.807) is 0 Å². The van der Waals surface area contributed by atoms with Crippen LogP contribution in [-0.4, -0.2) is 54.5 Å². The fourth-order valence-electron chi connectivity index (χ4n) is 3.61. The number of carbonyl (C=O) groups is 1. The van der Waals surface area contributed by atoms with E-state index in [0.29, 0.717) is 5.92 Å². The highest BCUT2D eigenvalue weighted by atomic mass is 35.5. The average Bonchev–Trinajstić information content (AvgIpc) is 2.99. The van der Waals surface area contributed by atoms with Crippen molar-refractivity contribution >= 4 is 30.7 Å². The maximum absolute atomic E-state index is 12.5. The molecule has 6 heteroatoms. The van der Waals surface area contributed by atoms with Crippen molar-refractivity contribution in [2.75, 3.05) is 33.2 Å². The summed E-state index contributed by atoms with van der Waals surface area (Å²) in [5.41, 5.74) is 5.74. The van der Waals surface area contributed by atoms with Crippen molar-refractivity contribution < 1.29 is 4.79 Å². The molecule has 0 radical (unpaired) electrons. The van der Waals surface area contributed by atoms with Gasteiger partial charge in [0.05, 0.1) is 5.54 Å². The van der Waals surface area contributed by atoms with Crippen molar-refractivity contribution in [1.82, 2.24) is 9.80 Å². The van der Waals surface area contributed by atoms with Crippen LogP contribution in [0, 0.1) is 5.92 Å². The van der Waals surface area contributed by atoms with Gasteiger partial charge in [-0.2, -0.15) is 0 Å². The summed E-state index contributed by atoms with van der Waals surface area (Å²) in [7, 11) is 2.18. The summed E-state index contributed by atoms with van der Waals surface area (Å²) in [5.74, 6) is 0.844. The van der Waals surface area contributed by atoms with Crippen LogP contribution in [0.4, 0.5) is 0 Å². The molecule has 0 aromatic heterocycles. The van der Waals surface area contributed by atoms with Crippen molar-refractivity contribution in [2.45, 2.75) is 51.0 Å². The van der Waals surface area contributed by atoms with Gasteiger partial charge in [-0.05, 0) is 45.2 Å². The molecule has 1 heterocycles. The number of hydrogen-bond acceptors (Lipinski definition) is 3. The maximum Gasteiger partial charge on any atom is 0.242 e. The molecule has 2 fully saturated rings. The van der Waals surface area contributed by atoms with E-state index in [0.717, 1.165) is 58.3 Å². The van der Waals surface area contributed by atoms with E-state index in [4.69, 9.17) is 5.73 Å². The van der Waals surface area contributed by atoms with Crippen molar-refractivity contribution in [1.29, 1.82) is 0 Å². The Morgan fingerprint density at radius 2 is 1.95 bits per heavy atom. The number of rotatable bonds is 5. The molecule has 2 N–H and O–H groups in total. The molecule has 0 aromatic carbocycles. The zero-order chi connectivity index (χ0) is 13.9. The molecule has 0 aromatic rings. The molecule has 1 atom stereocenters. The van der Waals surface area contributed by atoms with Gasteiger partial charge in [0.25, 0.3) is 0 Å². The van der Waals surface area contributed by atoms with Crippen molar-refractivity contribution in [3.8, 4) is 0 Å². The number of nitrogens with zero attached hydrogens (tertiary/aromatic N) is 2. The molecular weight excluding hydrogens is 309 g/mol. The second-order valence-electron chi connectivity index (χ2n) is 6.53. The lowest BCUT2D eigenvalue weighted by atomic mass is 9.97. The van der Waals surface area contributed by atoms with Gasteiger partial charge in [-0.1, -0.05) is 19.8 Å². The van der Waals surface area contributed by atoms with Crippen LogP contribution >= 0.6 is 24.8 Å². The van der Waals surface area contributed by atoms with Gasteiger partial charge in [-0.15, -0.1) is 24.8 Å². The summed E-state index contributed by atoms with van der Waals surface area (Å²) >= 11 is 0. The van der Waals surface area contributed by atoms with Crippen LogP contribution in [0.2, 0.25) is 0 Å². The molecule has 2 rings (SSSR count). The van der Waals surface area contributed by atoms with Crippen LogP contribution in [-0.2, 0) is 4.79 Å². The fourth-order valence-corrected chi connectivity index (χ4v) is 3.61. The summed E-state index contributed by atoms with van der Waals surface area (Å²) < 4.78 is 0. The number of amides is 1. The van der Waals surface area contributed by atoms with Gasteiger partial charge in [0.1, 0.15) is 0 Å². The highest BCUT2D eigenvalue weighted by Gasteiger charge is 2.41. The molecule has 0 spiro atoms. The largest absolute Gasteiger partial charge is 0.341 e. The van der Waals surface area contributed by atoms with Gasteiger partial charge in [0.15, 0.2) is 0 Å². The second-order valence-corrected chi connectivity index (χ2v) is 6.53. The SMILES string of the molecule is CCCN(C)CC1CCN(C(=O)C2(N)CCCC2)C1.Cl.Cl. The lowest BCUT2D eigenvalue weighted by Gasteiger charge is -2.29.